The summed E-state index contributed by atoms with van der Waals surface area (Å²) >= 11 is 0. The summed E-state index contributed by atoms with van der Waals surface area (Å²) in [7, 11) is 0. The number of pyridine rings is 1. The fraction of sp³-hybridized carbons (Fsp3) is 0.200. The summed E-state index contributed by atoms with van der Waals surface area (Å²) < 4.78 is 0. The molecule has 0 bridgehead atoms. The van der Waals surface area contributed by atoms with E-state index >= 15 is 0 Å². The number of rotatable bonds is 6. The highest BCUT2D eigenvalue weighted by molar-refractivity contribution is 5.92. The third-order valence-corrected chi connectivity index (χ3v) is 3.78. The first kappa shape index (κ1) is 17.5. The summed E-state index contributed by atoms with van der Waals surface area (Å²) in [6.07, 6.45) is 1.70. The summed E-state index contributed by atoms with van der Waals surface area (Å²) in [5, 5.41) is 6.01. The molecule has 3 rings (SSSR count). The van der Waals surface area contributed by atoms with Gasteiger partial charge in [0, 0.05) is 18.4 Å². The SMILES string of the molecule is Cc1cccc(CNc2nc(C)cc(C(=O)NCc3ccccn3)n2)c1. The lowest BCUT2D eigenvalue weighted by Gasteiger charge is -2.09. The van der Waals surface area contributed by atoms with Crippen molar-refractivity contribution in [1.29, 1.82) is 0 Å². The van der Waals surface area contributed by atoms with Gasteiger partial charge in [0.15, 0.2) is 0 Å². The van der Waals surface area contributed by atoms with E-state index in [1.807, 2.05) is 37.3 Å². The van der Waals surface area contributed by atoms with E-state index < -0.39 is 0 Å². The van der Waals surface area contributed by atoms with Crippen LogP contribution in [0.5, 0.6) is 0 Å². The average Bonchev–Trinajstić information content (AvgIpc) is 2.65. The molecular formula is C20H21N5O. The van der Waals surface area contributed by atoms with Gasteiger partial charge in [-0.25, -0.2) is 9.97 Å². The van der Waals surface area contributed by atoms with E-state index in [-0.39, 0.29) is 5.91 Å². The van der Waals surface area contributed by atoms with Crippen LogP contribution in [0.3, 0.4) is 0 Å². The smallest absolute Gasteiger partial charge is 0.270 e. The largest absolute Gasteiger partial charge is 0.350 e. The summed E-state index contributed by atoms with van der Waals surface area (Å²) in [5.41, 5.74) is 4.19. The molecule has 0 unspecified atom stereocenters. The first-order valence-electron chi connectivity index (χ1n) is 8.43. The molecule has 0 aliphatic heterocycles. The second kappa shape index (κ2) is 8.20. The van der Waals surface area contributed by atoms with Crippen LogP contribution in [0.25, 0.3) is 0 Å². The number of aryl methyl sites for hydroxylation is 2. The molecule has 0 spiro atoms. The minimum absolute atomic E-state index is 0.250. The number of amides is 1. The number of benzene rings is 1. The normalized spacial score (nSPS) is 10.4. The lowest BCUT2D eigenvalue weighted by Crippen LogP contribution is -2.25. The average molecular weight is 347 g/mol. The fourth-order valence-electron chi connectivity index (χ4n) is 2.53. The van der Waals surface area contributed by atoms with Crippen molar-refractivity contribution in [2.45, 2.75) is 26.9 Å². The molecule has 0 aliphatic carbocycles. The van der Waals surface area contributed by atoms with E-state index in [4.69, 9.17) is 0 Å². The molecule has 0 radical (unpaired) electrons. The topological polar surface area (TPSA) is 79.8 Å². The predicted octanol–water partition coefficient (Wildman–Crippen LogP) is 3.03. The number of nitrogens with zero attached hydrogens (tertiary/aromatic N) is 3. The Morgan fingerprint density at radius 2 is 1.88 bits per heavy atom. The summed E-state index contributed by atoms with van der Waals surface area (Å²) in [6, 6.07) is 15.5. The maximum absolute atomic E-state index is 12.4. The van der Waals surface area contributed by atoms with Crippen LogP contribution in [0.4, 0.5) is 5.95 Å². The van der Waals surface area contributed by atoms with Crippen LogP contribution in [0.2, 0.25) is 0 Å². The third kappa shape index (κ3) is 4.86. The second-order valence-electron chi connectivity index (χ2n) is 6.06. The number of carbonyl (C=O) groups is 1. The maximum Gasteiger partial charge on any atom is 0.270 e. The minimum Gasteiger partial charge on any atom is -0.350 e. The molecule has 2 N–H and O–H groups in total. The number of nitrogens with one attached hydrogen (secondary N) is 2. The molecule has 26 heavy (non-hydrogen) atoms. The molecule has 1 amide bonds. The van der Waals surface area contributed by atoms with E-state index in [1.165, 1.54) is 5.56 Å². The zero-order valence-electron chi connectivity index (χ0n) is 14.9. The van der Waals surface area contributed by atoms with Crippen LogP contribution in [-0.4, -0.2) is 20.9 Å². The highest BCUT2D eigenvalue weighted by atomic mass is 16.1. The second-order valence-corrected chi connectivity index (χ2v) is 6.06. The fourth-order valence-corrected chi connectivity index (χ4v) is 2.53. The van der Waals surface area contributed by atoms with Crippen molar-refractivity contribution in [2.24, 2.45) is 0 Å². The van der Waals surface area contributed by atoms with Gasteiger partial charge in [-0.2, -0.15) is 0 Å². The molecule has 3 aromatic rings. The minimum atomic E-state index is -0.250. The molecule has 6 nitrogen and oxygen atoms in total. The van der Waals surface area contributed by atoms with Crippen LogP contribution in [0.15, 0.2) is 54.7 Å². The van der Waals surface area contributed by atoms with Gasteiger partial charge in [0.1, 0.15) is 5.69 Å². The van der Waals surface area contributed by atoms with E-state index in [1.54, 1.807) is 12.3 Å². The third-order valence-electron chi connectivity index (χ3n) is 3.78. The van der Waals surface area contributed by atoms with Crippen molar-refractivity contribution in [3.8, 4) is 0 Å². The quantitative estimate of drug-likeness (QED) is 0.716. The van der Waals surface area contributed by atoms with Gasteiger partial charge in [0.25, 0.3) is 5.91 Å². The van der Waals surface area contributed by atoms with Crippen molar-refractivity contribution in [3.63, 3.8) is 0 Å². The number of carbonyl (C=O) groups excluding carboxylic acids is 1. The van der Waals surface area contributed by atoms with Crippen molar-refractivity contribution in [1.82, 2.24) is 20.3 Å². The van der Waals surface area contributed by atoms with Gasteiger partial charge in [-0.3, -0.25) is 9.78 Å². The van der Waals surface area contributed by atoms with E-state index in [2.05, 4.69) is 44.6 Å². The van der Waals surface area contributed by atoms with Crippen LogP contribution >= 0.6 is 0 Å². The standard InChI is InChI=1S/C20H21N5O/c1-14-6-5-7-16(10-14)12-23-20-24-15(2)11-18(25-20)19(26)22-13-17-8-3-4-9-21-17/h3-11H,12-13H2,1-2H3,(H,22,26)(H,23,24,25). The van der Waals surface area contributed by atoms with Gasteiger partial charge in [-0.15, -0.1) is 0 Å². The predicted molar refractivity (Wildman–Crippen MR) is 101 cm³/mol. The van der Waals surface area contributed by atoms with Crippen LogP contribution < -0.4 is 10.6 Å². The number of hydrogen-bond acceptors (Lipinski definition) is 5. The van der Waals surface area contributed by atoms with Gasteiger partial charge in [-0.1, -0.05) is 35.9 Å². The highest BCUT2D eigenvalue weighted by Gasteiger charge is 2.10. The Labute approximate surface area is 152 Å². The molecule has 2 heterocycles. The lowest BCUT2D eigenvalue weighted by molar-refractivity contribution is 0.0945. The molecule has 0 saturated heterocycles. The van der Waals surface area contributed by atoms with Crippen molar-refractivity contribution in [2.75, 3.05) is 5.32 Å². The van der Waals surface area contributed by atoms with Crippen LogP contribution in [0.1, 0.15) is 33.0 Å². The molecule has 0 atom stereocenters. The number of hydrogen-bond donors (Lipinski definition) is 2. The van der Waals surface area contributed by atoms with E-state index in [9.17, 15) is 4.79 Å². The van der Waals surface area contributed by atoms with Crippen molar-refractivity contribution < 1.29 is 4.79 Å². The Bertz CT molecular complexity index is 896. The zero-order valence-corrected chi connectivity index (χ0v) is 14.9. The Morgan fingerprint density at radius 1 is 1.00 bits per heavy atom. The molecule has 0 fully saturated rings. The van der Waals surface area contributed by atoms with Crippen molar-refractivity contribution in [3.05, 3.63) is 82.9 Å². The van der Waals surface area contributed by atoms with Gasteiger partial charge in [0.05, 0.1) is 12.2 Å². The van der Waals surface area contributed by atoms with Crippen LogP contribution in [-0.2, 0) is 13.1 Å². The first-order chi connectivity index (χ1) is 12.6. The Morgan fingerprint density at radius 3 is 2.65 bits per heavy atom. The van der Waals surface area contributed by atoms with Crippen LogP contribution in [0, 0.1) is 13.8 Å². The molecule has 0 aliphatic rings. The monoisotopic (exact) mass is 347 g/mol. The Balaban J connectivity index is 1.65. The molecular weight excluding hydrogens is 326 g/mol. The van der Waals surface area contributed by atoms with Gasteiger partial charge >= 0.3 is 0 Å². The highest BCUT2D eigenvalue weighted by Crippen LogP contribution is 2.09. The number of anilines is 1. The first-order valence-corrected chi connectivity index (χ1v) is 8.43. The molecule has 2 aromatic heterocycles. The maximum atomic E-state index is 12.4. The molecule has 1 aromatic carbocycles. The van der Waals surface area contributed by atoms with Gasteiger partial charge in [-0.05, 0) is 37.6 Å². The molecule has 0 saturated carbocycles. The van der Waals surface area contributed by atoms with E-state index in [0.717, 1.165) is 17.0 Å². The Hall–Kier alpha value is -3.28. The summed E-state index contributed by atoms with van der Waals surface area (Å²) in [5.74, 6) is 0.189. The zero-order chi connectivity index (χ0) is 18.4. The molecule has 6 heteroatoms. The number of aromatic nitrogens is 3. The van der Waals surface area contributed by atoms with Crippen molar-refractivity contribution >= 4 is 11.9 Å². The Kier molecular flexibility index (Phi) is 5.53. The van der Waals surface area contributed by atoms with Gasteiger partial charge < -0.3 is 10.6 Å². The molecule has 132 valence electrons. The summed E-state index contributed by atoms with van der Waals surface area (Å²) in [6.45, 7) is 4.85. The lowest BCUT2D eigenvalue weighted by atomic mass is 10.1. The van der Waals surface area contributed by atoms with Gasteiger partial charge in [0.2, 0.25) is 5.95 Å². The summed E-state index contributed by atoms with van der Waals surface area (Å²) in [4.78, 5) is 25.3. The van der Waals surface area contributed by atoms with E-state index in [0.29, 0.717) is 24.7 Å².